The third-order valence-electron chi connectivity index (χ3n) is 5.18. The molecular weight excluding hydrogens is 326 g/mol. The average molecular weight is 356 g/mol. The van der Waals surface area contributed by atoms with Gasteiger partial charge in [0.2, 0.25) is 11.8 Å². The maximum Gasteiger partial charge on any atom is 0.227 e. The van der Waals surface area contributed by atoms with Gasteiger partial charge in [-0.05, 0) is 12.8 Å². The standard InChI is InChI=1S/C17H29N3O3S/c21-16-3-2-15(17(22)19-8-12-24-13-9-19)14-20(16)5-1-4-18-6-10-23-11-7-18/h15H,1-14H2. The van der Waals surface area contributed by atoms with Crippen molar-refractivity contribution in [1.29, 1.82) is 0 Å². The van der Waals surface area contributed by atoms with Crippen LogP contribution in [0.15, 0.2) is 0 Å². The largest absolute Gasteiger partial charge is 0.379 e. The Kier molecular flexibility index (Phi) is 6.80. The minimum atomic E-state index is 0.00851. The zero-order valence-corrected chi connectivity index (χ0v) is 15.3. The summed E-state index contributed by atoms with van der Waals surface area (Å²) in [6.07, 6.45) is 2.23. The zero-order valence-electron chi connectivity index (χ0n) is 14.5. The van der Waals surface area contributed by atoms with E-state index in [1.807, 2.05) is 21.6 Å². The molecule has 3 aliphatic heterocycles. The number of piperidine rings is 1. The summed E-state index contributed by atoms with van der Waals surface area (Å²) in [6, 6.07) is 0. The van der Waals surface area contributed by atoms with Crippen molar-refractivity contribution in [3.63, 3.8) is 0 Å². The molecule has 0 aromatic heterocycles. The fourth-order valence-electron chi connectivity index (χ4n) is 3.68. The van der Waals surface area contributed by atoms with Gasteiger partial charge in [-0.2, -0.15) is 11.8 Å². The van der Waals surface area contributed by atoms with Crippen LogP contribution in [0, 0.1) is 5.92 Å². The van der Waals surface area contributed by atoms with Gasteiger partial charge in [0.1, 0.15) is 0 Å². The second-order valence-electron chi connectivity index (χ2n) is 6.82. The predicted molar refractivity (Wildman–Crippen MR) is 95.1 cm³/mol. The second-order valence-corrected chi connectivity index (χ2v) is 8.05. The van der Waals surface area contributed by atoms with Crippen LogP contribution >= 0.6 is 11.8 Å². The van der Waals surface area contributed by atoms with Crippen molar-refractivity contribution < 1.29 is 14.3 Å². The van der Waals surface area contributed by atoms with Crippen molar-refractivity contribution in [3.8, 4) is 0 Å². The van der Waals surface area contributed by atoms with Gasteiger partial charge in [0, 0.05) is 63.7 Å². The molecule has 0 N–H and O–H groups in total. The maximum absolute atomic E-state index is 12.7. The summed E-state index contributed by atoms with van der Waals surface area (Å²) in [5.41, 5.74) is 0. The third-order valence-corrected chi connectivity index (χ3v) is 6.12. The lowest BCUT2D eigenvalue weighted by atomic mass is 9.95. The molecule has 0 spiro atoms. The highest BCUT2D eigenvalue weighted by atomic mass is 32.2. The molecule has 0 aliphatic carbocycles. The molecule has 1 unspecified atom stereocenters. The number of amides is 2. The van der Waals surface area contributed by atoms with Crippen LogP contribution in [0.2, 0.25) is 0 Å². The number of hydrogen-bond acceptors (Lipinski definition) is 5. The first-order valence-electron chi connectivity index (χ1n) is 9.18. The van der Waals surface area contributed by atoms with Crippen LogP contribution < -0.4 is 0 Å². The molecule has 3 saturated heterocycles. The first-order chi connectivity index (χ1) is 11.7. The van der Waals surface area contributed by atoms with Crippen molar-refractivity contribution in [2.75, 3.05) is 70.5 Å². The number of thioether (sulfide) groups is 1. The number of carbonyl (C=O) groups is 2. The van der Waals surface area contributed by atoms with Crippen molar-refractivity contribution in [2.24, 2.45) is 5.92 Å². The van der Waals surface area contributed by atoms with E-state index in [-0.39, 0.29) is 17.7 Å². The molecule has 0 aromatic rings. The molecule has 3 aliphatic rings. The molecular formula is C17H29N3O3S. The fourth-order valence-corrected chi connectivity index (χ4v) is 4.59. The smallest absolute Gasteiger partial charge is 0.227 e. The van der Waals surface area contributed by atoms with Crippen LogP contribution in [0.3, 0.4) is 0 Å². The molecule has 0 radical (unpaired) electrons. The molecule has 0 aromatic carbocycles. The SMILES string of the molecule is O=C1CCC(C(=O)N2CCSCC2)CN1CCCN1CCOCC1. The number of rotatable bonds is 5. The van der Waals surface area contributed by atoms with Crippen LogP contribution in [0.4, 0.5) is 0 Å². The molecule has 6 nitrogen and oxygen atoms in total. The maximum atomic E-state index is 12.7. The predicted octanol–water partition coefficient (Wildman–Crippen LogP) is 0.523. The van der Waals surface area contributed by atoms with Crippen molar-refractivity contribution >= 4 is 23.6 Å². The van der Waals surface area contributed by atoms with Gasteiger partial charge in [0.05, 0.1) is 19.1 Å². The topological polar surface area (TPSA) is 53.1 Å². The van der Waals surface area contributed by atoms with Gasteiger partial charge >= 0.3 is 0 Å². The van der Waals surface area contributed by atoms with E-state index in [2.05, 4.69) is 4.90 Å². The first kappa shape index (κ1) is 18.0. The van der Waals surface area contributed by atoms with Crippen molar-refractivity contribution in [1.82, 2.24) is 14.7 Å². The average Bonchev–Trinajstić information content (AvgIpc) is 2.64. The molecule has 7 heteroatoms. The summed E-state index contributed by atoms with van der Waals surface area (Å²) in [5.74, 6) is 2.58. The van der Waals surface area contributed by atoms with Gasteiger partial charge in [-0.1, -0.05) is 0 Å². The fraction of sp³-hybridized carbons (Fsp3) is 0.882. The van der Waals surface area contributed by atoms with Gasteiger partial charge in [-0.25, -0.2) is 0 Å². The Labute approximate surface area is 148 Å². The first-order valence-corrected chi connectivity index (χ1v) is 10.3. The van der Waals surface area contributed by atoms with Crippen LogP contribution in [-0.4, -0.2) is 97.0 Å². The van der Waals surface area contributed by atoms with Crippen LogP contribution in [0.5, 0.6) is 0 Å². The molecule has 0 bridgehead atoms. The molecule has 3 heterocycles. The minimum absolute atomic E-state index is 0.00851. The zero-order chi connectivity index (χ0) is 16.8. The summed E-state index contributed by atoms with van der Waals surface area (Å²) >= 11 is 1.92. The Hall–Kier alpha value is -0.790. The van der Waals surface area contributed by atoms with E-state index in [9.17, 15) is 9.59 Å². The highest BCUT2D eigenvalue weighted by Gasteiger charge is 2.33. The quantitative estimate of drug-likeness (QED) is 0.720. The summed E-state index contributed by atoms with van der Waals surface area (Å²) < 4.78 is 5.36. The van der Waals surface area contributed by atoms with Gasteiger partial charge in [-0.3, -0.25) is 14.5 Å². The van der Waals surface area contributed by atoms with E-state index in [1.165, 1.54) is 0 Å². The normalized spacial score (nSPS) is 26.7. The van der Waals surface area contributed by atoms with E-state index >= 15 is 0 Å². The van der Waals surface area contributed by atoms with E-state index in [4.69, 9.17) is 4.74 Å². The Balaban J connectivity index is 1.44. The number of likely N-dealkylation sites (tertiary alicyclic amines) is 1. The van der Waals surface area contributed by atoms with Crippen LogP contribution in [-0.2, 0) is 14.3 Å². The van der Waals surface area contributed by atoms with Gasteiger partial charge in [0.25, 0.3) is 0 Å². The Bertz CT molecular complexity index is 437. The third kappa shape index (κ3) is 4.86. The van der Waals surface area contributed by atoms with E-state index < -0.39 is 0 Å². The molecule has 136 valence electrons. The summed E-state index contributed by atoms with van der Waals surface area (Å²) in [4.78, 5) is 31.2. The monoisotopic (exact) mass is 355 g/mol. The molecule has 1 atom stereocenters. The Morgan fingerprint density at radius 2 is 1.88 bits per heavy atom. The number of ether oxygens (including phenoxy) is 1. The summed E-state index contributed by atoms with van der Waals surface area (Å²) in [6.45, 7) is 7.73. The lowest BCUT2D eigenvalue weighted by molar-refractivity contribution is -0.143. The van der Waals surface area contributed by atoms with E-state index in [0.29, 0.717) is 13.0 Å². The van der Waals surface area contributed by atoms with Crippen molar-refractivity contribution in [2.45, 2.75) is 19.3 Å². The van der Waals surface area contributed by atoms with E-state index in [1.54, 1.807) is 0 Å². The number of carbonyl (C=O) groups excluding carboxylic acids is 2. The van der Waals surface area contributed by atoms with Gasteiger partial charge < -0.3 is 14.5 Å². The second kappa shape index (κ2) is 9.06. The Morgan fingerprint density at radius 1 is 1.12 bits per heavy atom. The van der Waals surface area contributed by atoms with Crippen LogP contribution in [0.25, 0.3) is 0 Å². The lowest BCUT2D eigenvalue weighted by Crippen LogP contribution is -2.49. The van der Waals surface area contributed by atoms with Crippen molar-refractivity contribution in [3.05, 3.63) is 0 Å². The molecule has 2 amide bonds. The molecule has 0 saturated carbocycles. The number of morpholine rings is 1. The summed E-state index contributed by atoms with van der Waals surface area (Å²) in [7, 11) is 0. The highest BCUT2D eigenvalue weighted by Crippen LogP contribution is 2.22. The number of hydrogen-bond donors (Lipinski definition) is 0. The van der Waals surface area contributed by atoms with E-state index in [0.717, 1.165) is 76.8 Å². The Morgan fingerprint density at radius 3 is 2.62 bits per heavy atom. The highest BCUT2D eigenvalue weighted by molar-refractivity contribution is 7.99. The molecule has 3 rings (SSSR count). The minimum Gasteiger partial charge on any atom is -0.379 e. The van der Waals surface area contributed by atoms with Gasteiger partial charge in [-0.15, -0.1) is 0 Å². The summed E-state index contributed by atoms with van der Waals surface area (Å²) in [5, 5.41) is 0. The lowest BCUT2D eigenvalue weighted by Gasteiger charge is -2.36. The molecule has 3 fully saturated rings. The van der Waals surface area contributed by atoms with Gasteiger partial charge in [0.15, 0.2) is 0 Å². The number of nitrogens with zero attached hydrogens (tertiary/aromatic N) is 3. The molecule has 24 heavy (non-hydrogen) atoms. The van der Waals surface area contributed by atoms with Crippen LogP contribution in [0.1, 0.15) is 19.3 Å².